The van der Waals surface area contributed by atoms with Crippen LogP contribution in [0.1, 0.15) is 19.9 Å². The molecule has 0 saturated carbocycles. The Morgan fingerprint density at radius 2 is 1.81 bits per heavy atom. The summed E-state index contributed by atoms with van der Waals surface area (Å²) in [6.07, 6.45) is 1.91. The van der Waals surface area contributed by atoms with Gasteiger partial charge in [-0.1, -0.05) is 42.1 Å². The molecule has 0 spiro atoms. The first-order valence-electron chi connectivity index (χ1n) is 10.2. The van der Waals surface area contributed by atoms with Gasteiger partial charge in [0, 0.05) is 30.5 Å². The second kappa shape index (κ2) is 9.00. The number of hydrogen-bond acceptors (Lipinski definition) is 4. The number of nitrogens with one attached hydrogen (secondary N) is 1. The summed E-state index contributed by atoms with van der Waals surface area (Å²) < 4.78 is 16.5. The normalized spacial score (nSPS) is 11.3. The molecule has 2 aromatic heterocycles. The monoisotopic (exact) mass is 450 g/mol. The first-order valence-corrected chi connectivity index (χ1v) is 11.2. The first kappa shape index (κ1) is 21.8. The number of amides is 1. The number of aromatic nitrogens is 3. The Kier molecular flexibility index (Phi) is 6.14. The van der Waals surface area contributed by atoms with Crippen molar-refractivity contribution < 1.29 is 9.18 Å². The van der Waals surface area contributed by atoms with E-state index in [1.807, 2.05) is 62.0 Å². The van der Waals surface area contributed by atoms with Crippen LogP contribution in [0.25, 0.3) is 22.2 Å². The number of benzene rings is 2. The largest absolute Gasteiger partial charge is 0.344 e. The topological polar surface area (TPSA) is 68.9 Å². The number of thioether (sulfide) groups is 1. The van der Waals surface area contributed by atoms with E-state index in [0.29, 0.717) is 21.9 Å². The van der Waals surface area contributed by atoms with E-state index in [1.54, 1.807) is 4.57 Å². The third-order valence-corrected chi connectivity index (χ3v) is 6.00. The lowest BCUT2D eigenvalue weighted by molar-refractivity contribution is -0.113. The first-order chi connectivity index (χ1) is 15.3. The molecule has 0 fully saturated rings. The van der Waals surface area contributed by atoms with Crippen molar-refractivity contribution >= 4 is 34.4 Å². The standard InChI is InChI=1S/C24H23FN4O2S/c1-15(2)29-23(31)22-21(19(13-28(22)3)16-7-5-4-6-8-16)27-24(29)32-14-20(30)26-18-11-9-17(25)10-12-18/h4-13,15H,14H2,1-3H3,(H,26,30). The second-order valence-corrected chi connectivity index (χ2v) is 8.67. The van der Waals surface area contributed by atoms with Crippen molar-refractivity contribution in [1.29, 1.82) is 0 Å². The predicted octanol–water partition coefficient (Wildman–Crippen LogP) is 4.85. The average molecular weight is 451 g/mol. The van der Waals surface area contributed by atoms with Crippen LogP contribution >= 0.6 is 11.8 Å². The van der Waals surface area contributed by atoms with E-state index >= 15 is 0 Å². The maximum Gasteiger partial charge on any atom is 0.278 e. The van der Waals surface area contributed by atoms with Crippen LogP contribution in [-0.4, -0.2) is 25.8 Å². The van der Waals surface area contributed by atoms with Gasteiger partial charge in [-0.05, 0) is 43.7 Å². The van der Waals surface area contributed by atoms with E-state index in [4.69, 9.17) is 4.98 Å². The van der Waals surface area contributed by atoms with Gasteiger partial charge in [-0.15, -0.1) is 0 Å². The van der Waals surface area contributed by atoms with Crippen molar-refractivity contribution in [2.45, 2.75) is 25.0 Å². The van der Waals surface area contributed by atoms with Gasteiger partial charge < -0.3 is 9.88 Å². The van der Waals surface area contributed by atoms with E-state index in [-0.39, 0.29) is 29.1 Å². The predicted molar refractivity (Wildman–Crippen MR) is 127 cm³/mol. The highest BCUT2D eigenvalue weighted by Crippen LogP contribution is 2.30. The smallest absolute Gasteiger partial charge is 0.278 e. The summed E-state index contributed by atoms with van der Waals surface area (Å²) in [6.45, 7) is 3.83. The molecule has 6 nitrogen and oxygen atoms in total. The molecular formula is C24H23FN4O2S. The molecule has 0 bridgehead atoms. The van der Waals surface area contributed by atoms with Gasteiger partial charge >= 0.3 is 0 Å². The summed E-state index contributed by atoms with van der Waals surface area (Å²) in [4.78, 5) is 30.6. The summed E-state index contributed by atoms with van der Waals surface area (Å²) in [6, 6.07) is 15.2. The zero-order valence-electron chi connectivity index (χ0n) is 18.0. The minimum absolute atomic E-state index is 0.0650. The number of hydrogen-bond donors (Lipinski definition) is 1. The zero-order chi connectivity index (χ0) is 22.8. The van der Waals surface area contributed by atoms with Crippen LogP contribution in [0.5, 0.6) is 0 Å². The van der Waals surface area contributed by atoms with E-state index in [2.05, 4.69) is 5.32 Å². The number of carbonyl (C=O) groups is 1. The maximum atomic E-state index is 13.4. The van der Waals surface area contributed by atoms with Crippen molar-refractivity contribution in [1.82, 2.24) is 14.1 Å². The molecule has 4 aromatic rings. The molecule has 2 heterocycles. The lowest BCUT2D eigenvalue weighted by Crippen LogP contribution is -2.26. The molecule has 0 aliphatic heterocycles. The van der Waals surface area contributed by atoms with Crippen molar-refractivity contribution in [3.8, 4) is 11.1 Å². The fourth-order valence-corrected chi connectivity index (χ4v) is 4.50. The molecule has 2 aromatic carbocycles. The van der Waals surface area contributed by atoms with Gasteiger partial charge in [0.25, 0.3) is 5.56 Å². The Bertz CT molecular complexity index is 1330. The molecule has 1 amide bonds. The average Bonchev–Trinajstić information content (AvgIpc) is 3.11. The van der Waals surface area contributed by atoms with E-state index in [1.165, 1.54) is 36.0 Å². The second-order valence-electron chi connectivity index (χ2n) is 7.72. The quantitative estimate of drug-likeness (QED) is 0.337. The molecule has 0 radical (unpaired) electrons. The Balaban J connectivity index is 1.69. The van der Waals surface area contributed by atoms with Gasteiger partial charge in [-0.25, -0.2) is 9.37 Å². The van der Waals surface area contributed by atoms with Crippen LogP contribution < -0.4 is 10.9 Å². The van der Waals surface area contributed by atoms with Crippen LogP contribution in [0.3, 0.4) is 0 Å². The fourth-order valence-electron chi connectivity index (χ4n) is 3.58. The molecule has 1 N–H and O–H groups in total. The lowest BCUT2D eigenvalue weighted by atomic mass is 10.1. The van der Waals surface area contributed by atoms with Gasteiger partial charge in [0.1, 0.15) is 16.9 Å². The van der Waals surface area contributed by atoms with Gasteiger partial charge in [0.05, 0.1) is 5.75 Å². The molecule has 164 valence electrons. The third kappa shape index (κ3) is 4.31. The van der Waals surface area contributed by atoms with E-state index < -0.39 is 0 Å². The highest BCUT2D eigenvalue weighted by atomic mass is 32.2. The van der Waals surface area contributed by atoms with Crippen molar-refractivity contribution in [2.24, 2.45) is 7.05 Å². The Morgan fingerprint density at radius 3 is 2.47 bits per heavy atom. The number of carbonyl (C=O) groups excluding carboxylic acids is 1. The van der Waals surface area contributed by atoms with Crippen molar-refractivity contribution in [2.75, 3.05) is 11.1 Å². The molecule has 4 rings (SSSR count). The Labute approximate surface area is 189 Å². The van der Waals surface area contributed by atoms with Gasteiger partial charge in [0.15, 0.2) is 5.16 Å². The van der Waals surface area contributed by atoms with Crippen LogP contribution in [-0.2, 0) is 11.8 Å². The van der Waals surface area contributed by atoms with Crippen molar-refractivity contribution in [3.05, 3.63) is 77.0 Å². The summed E-state index contributed by atoms with van der Waals surface area (Å²) in [5.74, 6) is -0.564. The summed E-state index contributed by atoms with van der Waals surface area (Å²) in [5.41, 5.74) is 3.35. The van der Waals surface area contributed by atoms with Crippen LogP contribution in [0.2, 0.25) is 0 Å². The van der Waals surface area contributed by atoms with E-state index in [0.717, 1.165) is 11.1 Å². The number of rotatable bonds is 6. The molecular weight excluding hydrogens is 427 g/mol. The molecule has 0 aliphatic carbocycles. The highest BCUT2D eigenvalue weighted by molar-refractivity contribution is 7.99. The van der Waals surface area contributed by atoms with E-state index in [9.17, 15) is 14.0 Å². The van der Waals surface area contributed by atoms with Gasteiger partial charge in [-0.3, -0.25) is 14.2 Å². The number of aryl methyl sites for hydroxylation is 1. The molecule has 8 heteroatoms. The van der Waals surface area contributed by atoms with Crippen LogP contribution in [0.4, 0.5) is 10.1 Å². The third-order valence-electron chi connectivity index (χ3n) is 5.05. The number of fused-ring (bicyclic) bond motifs is 1. The van der Waals surface area contributed by atoms with Crippen LogP contribution in [0, 0.1) is 5.82 Å². The SMILES string of the molecule is CC(C)n1c(SCC(=O)Nc2ccc(F)cc2)nc2c(-c3ccccc3)cn(C)c2c1=O. The van der Waals surface area contributed by atoms with Gasteiger partial charge in [0.2, 0.25) is 5.91 Å². The Morgan fingerprint density at radius 1 is 1.12 bits per heavy atom. The Hall–Kier alpha value is -3.39. The molecule has 0 atom stereocenters. The number of halogens is 1. The molecule has 0 unspecified atom stereocenters. The highest BCUT2D eigenvalue weighted by Gasteiger charge is 2.20. The fraction of sp³-hybridized carbons (Fsp3) is 0.208. The summed E-state index contributed by atoms with van der Waals surface area (Å²) >= 11 is 1.20. The lowest BCUT2D eigenvalue weighted by Gasteiger charge is -2.16. The number of nitrogens with zero attached hydrogens (tertiary/aromatic N) is 3. The van der Waals surface area contributed by atoms with Crippen LogP contribution in [0.15, 0.2) is 70.7 Å². The maximum absolute atomic E-state index is 13.4. The van der Waals surface area contributed by atoms with Gasteiger partial charge in [-0.2, -0.15) is 0 Å². The minimum atomic E-state index is -0.368. The zero-order valence-corrected chi connectivity index (χ0v) is 18.8. The summed E-state index contributed by atoms with van der Waals surface area (Å²) in [5, 5.41) is 3.22. The minimum Gasteiger partial charge on any atom is -0.344 e. The number of anilines is 1. The molecule has 32 heavy (non-hydrogen) atoms. The molecule has 0 saturated heterocycles. The van der Waals surface area contributed by atoms with Crippen molar-refractivity contribution in [3.63, 3.8) is 0 Å². The molecule has 0 aliphatic rings. The summed E-state index contributed by atoms with van der Waals surface area (Å²) in [7, 11) is 1.84.